The molecule has 0 aliphatic rings. The average Bonchev–Trinajstić information content (AvgIpc) is 3.27. The van der Waals surface area contributed by atoms with Crippen molar-refractivity contribution in [1.29, 1.82) is 0 Å². The maximum absolute atomic E-state index is 2.40. The lowest BCUT2D eigenvalue weighted by Gasteiger charge is -2.28. The highest BCUT2D eigenvalue weighted by atomic mass is 15.1. The number of para-hydroxylation sites is 1. The minimum absolute atomic E-state index is 1.11. The molecule has 2 nitrogen and oxygen atoms in total. The highest BCUT2D eigenvalue weighted by molar-refractivity contribution is 6.14. The van der Waals surface area contributed by atoms with Crippen molar-refractivity contribution in [3.8, 4) is 0 Å². The Labute approximate surface area is 327 Å². The van der Waals surface area contributed by atoms with Crippen LogP contribution in [0.1, 0.15) is 11.1 Å². The van der Waals surface area contributed by atoms with Crippen molar-refractivity contribution in [2.24, 2.45) is 0 Å². The lowest BCUT2D eigenvalue weighted by molar-refractivity contribution is 1.29. The highest BCUT2D eigenvalue weighted by Gasteiger charge is 2.18. The molecule has 0 heterocycles. The summed E-state index contributed by atoms with van der Waals surface area (Å²) in [5.41, 5.74) is 9.05. The molecule has 0 saturated heterocycles. The third kappa shape index (κ3) is 6.34. The number of hydrogen-bond donors (Lipinski definition) is 0. The summed E-state index contributed by atoms with van der Waals surface area (Å²) >= 11 is 0. The number of hydrogen-bond acceptors (Lipinski definition) is 2. The van der Waals surface area contributed by atoms with Crippen LogP contribution in [0.15, 0.2) is 218 Å². The molecule has 0 saturated carbocycles. The van der Waals surface area contributed by atoms with Crippen LogP contribution in [0, 0.1) is 0 Å². The zero-order valence-corrected chi connectivity index (χ0v) is 30.8. The molecular formula is C54H38N2. The van der Waals surface area contributed by atoms with Gasteiger partial charge in [0.25, 0.3) is 0 Å². The van der Waals surface area contributed by atoms with Crippen LogP contribution in [-0.2, 0) is 0 Å². The second-order valence-electron chi connectivity index (χ2n) is 14.2. The Balaban J connectivity index is 0.982. The molecule has 0 aliphatic carbocycles. The predicted molar refractivity (Wildman–Crippen MR) is 241 cm³/mol. The number of anilines is 6. The Morgan fingerprint density at radius 3 is 1.25 bits per heavy atom. The molecule has 0 N–H and O–H groups in total. The first-order chi connectivity index (χ1) is 27.7. The molecular weight excluding hydrogens is 677 g/mol. The van der Waals surface area contributed by atoms with E-state index in [2.05, 4.69) is 240 Å². The fraction of sp³-hybridized carbons (Fsp3) is 0. The number of benzene rings is 10. The Kier molecular flexibility index (Phi) is 8.55. The van der Waals surface area contributed by atoms with Crippen LogP contribution < -0.4 is 9.80 Å². The van der Waals surface area contributed by atoms with Crippen LogP contribution in [0.4, 0.5) is 34.1 Å². The van der Waals surface area contributed by atoms with Gasteiger partial charge in [0.1, 0.15) is 0 Å². The summed E-state index contributed by atoms with van der Waals surface area (Å²) in [6, 6.07) is 78.6. The van der Waals surface area contributed by atoms with Gasteiger partial charge in [-0.1, -0.05) is 164 Å². The Morgan fingerprint density at radius 2 is 0.661 bits per heavy atom. The van der Waals surface area contributed by atoms with Crippen LogP contribution >= 0.6 is 0 Å². The molecule has 0 aliphatic heterocycles. The van der Waals surface area contributed by atoms with Crippen LogP contribution in [-0.4, -0.2) is 0 Å². The zero-order chi connectivity index (χ0) is 37.3. The molecule has 0 atom stereocenters. The predicted octanol–water partition coefficient (Wildman–Crippen LogP) is 15.4. The van der Waals surface area contributed by atoms with E-state index in [1.165, 1.54) is 43.1 Å². The maximum atomic E-state index is 2.40. The van der Waals surface area contributed by atoms with E-state index in [1.54, 1.807) is 0 Å². The molecule has 2 heteroatoms. The average molecular weight is 715 g/mol. The van der Waals surface area contributed by atoms with Gasteiger partial charge in [-0.15, -0.1) is 0 Å². The quantitative estimate of drug-likeness (QED) is 0.114. The van der Waals surface area contributed by atoms with Gasteiger partial charge >= 0.3 is 0 Å². The minimum atomic E-state index is 1.11. The summed E-state index contributed by atoms with van der Waals surface area (Å²) in [4.78, 5) is 4.72. The summed E-state index contributed by atoms with van der Waals surface area (Å²) in [5.74, 6) is 0. The summed E-state index contributed by atoms with van der Waals surface area (Å²) in [6.45, 7) is 0. The van der Waals surface area contributed by atoms with Crippen molar-refractivity contribution in [3.05, 3.63) is 230 Å². The molecule has 0 unspecified atom stereocenters. The molecule has 10 rings (SSSR count). The van der Waals surface area contributed by atoms with E-state index in [0.717, 1.165) is 45.3 Å². The molecule has 56 heavy (non-hydrogen) atoms. The molecule has 264 valence electrons. The van der Waals surface area contributed by atoms with E-state index in [9.17, 15) is 0 Å². The maximum Gasteiger partial charge on any atom is 0.0546 e. The Morgan fingerprint density at radius 1 is 0.250 bits per heavy atom. The van der Waals surface area contributed by atoms with Crippen molar-refractivity contribution in [2.75, 3.05) is 9.80 Å². The van der Waals surface area contributed by atoms with E-state index < -0.39 is 0 Å². The molecule has 10 aromatic carbocycles. The second kappa shape index (κ2) is 14.4. The van der Waals surface area contributed by atoms with Crippen LogP contribution in [0.3, 0.4) is 0 Å². The van der Waals surface area contributed by atoms with Gasteiger partial charge in [0, 0.05) is 33.8 Å². The monoisotopic (exact) mass is 714 g/mol. The van der Waals surface area contributed by atoms with Crippen LogP contribution in [0.5, 0.6) is 0 Å². The largest absolute Gasteiger partial charge is 0.310 e. The molecule has 0 fully saturated rings. The summed E-state index contributed by atoms with van der Waals surface area (Å²) < 4.78 is 0. The number of fused-ring (bicyclic) bond motifs is 5. The molecule has 0 aromatic heterocycles. The standard InChI is InChI=1S/C54H38N2/c1-2-17-46(18-3-1)55(49-34-28-41-12-4-6-14-43(41)36-49)47-30-24-39(25-31-47)22-23-40-26-32-48(33-27-40)56(50-35-29-42-13-5-7-15-44(42)37-50)54-38-45-16-8-9-19-51(45)52-20-10-11-21-53(52)54/h1-38H/b23-22+. The van der Waals surface area contributed by atoms with Crippen molar-refractivity contribution < 1.29 is 0 Å². The molecule has 0 spiro atoms. The topological polar surface area (TPSA) is 6.48 Å². The molecule has 0 amide bonds. The van der Waals surface area contributed by atoms with Gasteiger partial charge in [0.2, 0.25) is 0 Å². The number of nitrogens with zero attached hydrogens (tertiary/aromatic N) is 2. The van der Waals surface area contributed by atoms with E-state index in [0.29, 0.717) is 0 Å². The van der Waals surface area contributed by atoms with Gasteiger partial charge in [-0.25, -0.2) is 0 Å². The smallest absolute Gasteiger partial charge is 0.0546 e. The third-order valence-electron chi connectivity index (χ3n) is 10.8. The Hall–Kier alpha value is -7.42. The summed E-state index contributed by atoms with van der Waals surface area (Å²) in [5, 5.41) is 9.87. The first kappa shape index (κ1) is 33.2. The van der Waals surface area contributed by atoms with Crippen molar-refractivity contribution in [3.63, 3.8) is 0 Å². The number of rotatable bonds is 8. The minimum Gasteiger partial charge on any atom is -0.310 e. The first-order valence-electron chi connectivity index (χ1n) is 19.2. The normalized spacial score (nSPS) is 11.5. The molecule has 10 aromatic rings. The second-order valence-corrected chi connectivity index (χ2v) is 14.2. The fourth-order valence-electron chi connectivity index (χ4n) is 7.96. The summed E-state index contributed by atoms with van der Waals surface area (Å²) in [7, 11) is 0. The Bertz CT molecular complexity index is 3020. The van der Waals surface area contributed by atoms with Gasteiger partial charge in [-0.3, -0.25) is 0 Å². The highest BCUT2D eigenvalue weighted by Crippen LogP contribution is 2.43. The zero-order valence-electron chi connectivity index (χ0n) is 30.8. The van der Waals surface area contributed by atoms with E-state index in [4.69, 9.17) is 0 Å². The fourth-order valence-corrected chi connectivity index (χ4v) is 7.96. The molecule has 0 radical (unpaired) electrons. The summed E-state index contributed by atoms with van der Waals surface area (Å²) in [6.07, 6.45) is 4.39. The van der Waals surface area contributed by atoms with Crippen molar-refractivity contribution >= 4 is 89.4 Å². The van der Waals surface area contributed by atoms with E-state index in [-0.39, 0.29) is 0 Å². The van der Waals surface area contributed by atoms with Crippen molar-refractivity contribution in [2.45, 2.75) is 0 Å². The van der Waals surface area contributed by atoms with Gasteiger partial charge in [0.15, 0.2) is 0 Å². The lowest BCUT2D eigenvalue weighted by Crippen LogP contribution is -2.10. The van der Waals surface area contributed by atoms with Gasteiger partial charge in [-0.2, -0.15) is 0 Å². The van der Waals surface area contributed by atoms with Gasteiger partial charge in [0.05, 0.1) is 5.69 Å². The SMILES string of the molecule is C(=C\c1ccc(N(c2ccc3ccccc3c2)c2cc3ccccc3c3ccccc23)cc1)/c1ccc(N(c2ccccc2)c2ccc3ccccc3c2)cc1. The van der Waals surface area contributed by atoms with Crippen LogP contribution in [0.2, 0.25) is 0 Å². The van der Waals surface area contributed by atoms with Gasteiger partial charge < -0.3 is 9.80 Å². The lowest BCUT2D eigenvalue weighted by atomic mass is 9.98. The van der Waals surface area contributed by atoms with E-state index >= 15 is 0 Å². The van der Waals surface area contributed by atoms with Gasteiger partial charge in [-0.05, 0) is 116 Å². The third-order valence-corrected chi connectivity index (χ3v) is 10.8. The van der Waals surface area contributed by atoms with Crippen LogP contribution in [0.25, 0.3) is 55.2 Å². The molecule has 0 bridgehead atoms. The van der Waals surface area contributed by atoms with E-state index in [1.807, 2.05) is 0 Å². The van der Waals surface area contributed by atoms with Crippen molar-refractivity contribution in [1.82, 2.24) is 0 Å². The first-order valence-corrected chi connectivity index (χ1v) is 19.2.